The Labute approximate surface area is 122 Å². The first kappa shape index (κ1) is 14.6. The zero-order valence-electron chi connectivity index (χ0n) is 11.1. The number of methoxy groups -OCH3 is 1. The predicted molar refractivity (Wildman–Crippen MR) is 81.1 cm³/mol. The van der Waals surface area contributed by atoms with E-state index in [0.717, 1.165) is 17.7 Å². The van der Waals surface area contributed by atoms with Crippen LogP contribution in [0, 0.1) is 5.82 Å². The number of para-hydroxylation sites is 1. The van der Waals surface area contributed by atoms with Gasteiger partial charge in [-0.3, -0.25) is 0 Å². The van der Waals surface area contributed by atoms with Crippen LogP contribution in [-0.2, 0) is 11.2 Å². The van der Waals surface area contributed by atoms with Gasteiger partial charge in [0, 0.05) is 18.9 Å². The molecular weight excluding hydrogens is 279 g/mol. The Bertz CT molecular complexity index is 604. The number of halogens is 2. The van der Waals surface area contributed by atoms with Crippen molar-refractivity contribution in [3.63, 3.8) is 0 Å². The summed E-state index contributed by atoms with van der Waals surface area (Å²) in [7, 11) is 1.66. The molecule has 20 heavy (non-hydrogen) atoms. The maximum atomic E-state index is 13.5. The molecule has 0 atom stereocenters. The highest BCUT2D eigenvalue weighted by molar-refractivity contribution is 6.31. The van der Waals surface area contributed by atoms with Gasteiger partial charge in [-0.1, -0.05) is 29.8 Å². The van der Waals surface area contributed by atoms with Gasteiger partial charge in [-0.05, 0) is 24.1 Å². The average Bonchev–Trinajstić information content (AvgIpc) is 2.44. The van der Waals surface area contributed by atoms with Crippen LogP contribution in [0.2, 0.25) is 5.02 Å². The standard InChI is InChI=1S/C15H16ClFN2O/c1-20-7-6-10-4-2-3-5-14(10)19-15-9-12(17)11(16)8-13(15)18/h2-5,8-9,19H,6-7,18H2,1H3. The lowest BCUT2D eigenvalue weighted by Gasteiger charge is -2.14. The van der Waals surface area contributed by atoms with Gasteiger partial charge in [-0.25, -0.2) is 4.39 Å². The van der Waals surface area contributed by atoms with Crippen molar-refractivity contribution in [1.82, 2.24) is 0 Å². The van der Waals surface area contributed by atoms with Crippen molar-refractivity contribution in [3.8, 4) is 0 Å². The number of rotatable bonds is 5. The minimum atomic E-state index is -0.502. The van der Waals surface area contributed by atoms with Gasteiger partial charge < -0.3 is 15.8 Å². The van der Waals surface area contributed by atoms with Gasteiger partial charge in [0.05, 0.1) is 23.0 Å². The van der Waals surface area contributed by atoms with E-state index < -0.39 is 5.82 Å². The number of nitrogens with one attached hydrogen (secondary N) is 1. The molecule has 0 fully saturated rings. The van der Waals surface area contributed by atoms with Gasteiger partial charge in [0.2, 0.25) is 0 Å². The fraction of sp³-hybridized carbons (Fsp3) is 0.200. The molecule has 5 heteroatoms. The summed E-state index contributed by atoms with van der Waals surface area (Å²) < 4.78 is 18.6. The SMILES string of the molecule is COCCc1ccccc1Nc1cc(F)c(Cl)cc1N. The third kappa shape index (κ3) is 3.40. The highest BCUT2D eigenvalue weighted by Crippen LogP contribution is 2.30. The van der Waals surface area contributed by atoms with Crippen LogP contribution < -0.4 is 11.1 Å². The summed E-state index contributed by atoms with van der Waals surface area (Å²) in [6.07, 6.45) is 0.760. The van der Waals surface area contributed by atoms with Gasteiger partial charge >= 0.3 is 0 Å². The summed E-state index contributed by atoms with van der Waals surface area (Å²) in [5, 5.41) is 3.15. The lowest BCUT2D eigenvalue weighted by Crippen LogP contribution is -2.02. The molecule has 0 saturated heterocycles. The molecule has 0 radical (unpaired) electrons. The van der Waals surface area contributed by atoms with Crippen LogP contribution >= 0.6 is 11.6 Å². The van der Waals surface area contributed by atoms with Crippen molar-refractivity contribution in [2.24, 2.45) is 0 Å². The van der Waals surface area contributed by atoms with Crippen LogP contribution in [0.5, 0.6) is 0 Å². The van der Waals surface area contributed by atoms with Crippen LogP contribution in [0.4, 0.5) is 21.5 Å². The molecule has 0 amide bonds. The Morgan fingerprint density at radius 3 is 2.75 bits per heavy atom. The van der Waals surface area contributed by atoms with Crippen molar-refractivity contribution in [1.29, 1.82) is 0 Å². The van der Waals surface area contributed by atoms with E-state index in [9.17, 15) is 4.39 Å². The molecule has 0 saturated carbocycles. The minimum Gasteiger partial charge on any atom is -0.397 e. The first-order chi connectivity index (χ1) is 9.61. The molecule has 2 aromatic rings. The molecule has 0 spiro atoms. The van der Waals surface area contributed by atoms with Crippen LogP contribution in [0.1, 0.15) is 5.56 Å². The molecule has 106 valence electrons. The van der Waals surface area contributed by atoms with Gasteiger partial charge in [-0.15, -0.1) is 0 Å². The minimum absolute atomic E-state index is 0.0146. The topological polar surface area (TPSA) is 47.3 Å². The van der Waals surface area contributed by atoms with Crippen LogP contribution in [0.3, 0.4) is 0 Å². The second-order valence-electron chi connectivity index (χ2n) is 4.38. The number of ether oxygens (including phenoxy) is 1. The third-order valence-electron chi connectivity index (χ3n) is 2.95. The normalized spacial score (nSPS) is 10.6. The molecule has 0 aliphatic carbocycles. The monoisotopic (exact) mass is 294 g/mol. The molecule has 3 N–H and O–H groups in total. The number of nitrogens with two attached hydrogens (primary N) is 1. The van der Waals surface area contributed by atoms with Gasteiger partial charge in [-0.2, -0.15) is 0 Å². The fourth-order valence-corrected chi connectivity index (χ4v) is 2.06. The summed E-state index contributed by atoms with van der Waals surface area (Å²) in [6.45, 7) is 0.614. The average molecular weight is 295 g/mol. The van der Waals surface area contributed by atoms with E-state index >= 15 is 0 Å². The van der Waals surface area contributed by atoms with Crippen molar-refractivity contribution < 1.29 is 9.13 Å². The summed E-state index contributed by atoms with van der Waals surface area (Å²) in [4.78, 5) is 0. The van der Waals surface area contributed by atoms with E-state index in [1.807, 2.05) is 24.3 Å². The summed E-state index contributed by atoms with van der Waals surface area (Å²) >= 11 is 5.69. The number of hydrogen-bond acceptors (Lipinski definition) is 3. The molecule has 2 aromatic carbocycles. The molecule has 0 aliphatic heterocycles. The lowest BCUT2D eigenvalue weighted by molar-refractivity contribution is 0.202. The van der Waals surface area contributed by atoms with Crippen LogP contribution in [0.25, 0.3) is 0 Å². The van der Waals surface area contributed by atoms with Crippen molar-refractivity contribution in [3.05, 3.63) is 52.8 Å². The van der Waals surface area contributed by atoms with Crippen molar-refractivity contribution >= 4 is 28.7 Å². The van der Waals surface area contributed by atoms with Gasteiger partial charge in [0.15, 0.2) is 0 Å². The lowest BCUT2D eigenvalue weighted by atomic mass is 10.1. The molecule has 0 heterocycles. The molecule has 3 nitrogen and oxygen atoms in total. The number of benzene rings is 2. The van der Waals surface area contributed by atoms with E-state index in [1.54, 1.807) is 7.11 Å². The highest BCUT2D eigenvalue weighted by Gasteiger charge is 2.08. The third-order valence-corrected chi connectivity index (χ3v) is 3.24. The Kier molecular flexibility index (Phi) is 4.82. The molecule has 0 unspecified atom stereocenters. The van der Waals surface area contributed by atoms with Crippen molar-refractivity contribution in [2.45, 2.75) is 6.42 Å². The molecular formula is C15H16ClFN2O. The Hall–Kier alpha value is -1.78. The van der Waals surface area contributed by atoms with Gasteiger partial charge in [0.25, 0.3) is 0 Å². The summed E-state index contributed by atoms with van der Waals surface area (Å²) in [5.41, 5.74) is 8.69. The maximum Gasteiger partial charge on any atom is 0.144 e. The molecule has 0 aliphatic rings. The van der Waals surface area contributed by atoms with E-state index in [-0.39, 0.29) is 5.02 Å². The largest absolute Gasteiger partial charge is 0.397 e. The van der Waals surface area contributed by atoms with E-state index in [2.05, 4.69) is 5.32 Å². The van der Waals surface area contributed by atoms with Gasteiger partial charge in [0.1, 0.15) is 5.82 Å². The number of anilines is 3. The van der Waals surface area contributed by atoms with E-state index in [1.165, 1.54) is 12.1 Å². The molecule has 0 bridgehead atoms. The summed E-state index contributed by atoms with van der Waals surface area (Å²) in [5.74, 6) is -0.502. The zero-order chi connectivity index (χ0) is 14.5. The first-order valence-electron chi connectivity index (χ1n) is 6.20. The number of hydrogen-bond donors (Lipinski definition) is 2. The predicted octanol–water partition coefficient (Wildman–Crippen LogP) is 3.99. The first-order valence-corrected chi connectivity index (χ1v) is 6.58. The zero-order valence-corrected chi connectivity index (χ0v) is 11.9. The van der Waals surface area contributed by atoms with Crippen molar-refractivity contribution in [2.75, 3.05) is 24.8 Å². The quantitative estimate of drug-likeness (QED) is 0.820. The number of nitrogen functional groups attached to an aromatic ring is 1. The smallest absolute Gasteiger partial charge is 0.144 e. The Morgan fingerprint density at radius 2 is 2.00 bits per heavy atom. The second kappa shape index (κ2) is 6.59. The van der Waals surface area contributed by atoms with E-state index in [4.69, 9.17) is 22.1 Å². The Balaban J connectivity index is 2.28. The Morgan fingerprint density at radius 1 is 1.25 bits per heavy atom. The molecule has 2 rings (SSSR count). The van der Waals surface area contributed by atoms with E-state index in [0.29, 0.717) is 18.0 Å². The second-order valence-corrected chi connectivity index (χ2v) is 4.79. The van der Waals surface area contributed by atoms with Crippen LogP contribution in [0.15, 0.2) is 36.4 Å². The van der Waals surface area contributed by atoms with Crippen LogP contribution in [-0.4, -0.2) is 13.7 Å². The molecule has 0 aromatic heterocycles. The summed E-state index contributed by atoms with van der Waals surface area (Å²) in [6, 6.07) is 10.4. The highest BCUT2D eigenvalue weighted by atomic mass is 35.5. The fourth-order valence-electron chi connectivity index (χ4n) is 1.89. The maximum absolute atomic E-state index is 13.5.